The number of phenolic OH excluding ortho intramolecular Hbond substituents is 1. The average molecular weight is 391 g/mol. The Morgan fingerprint density at radius 2 is 2.03 bits per heavy atom. The summed E-state index contributed by atoms with van der Waals surface area (Å²) in [4.78, 5) is 29.0. The predicted octanol–water partition coefficient (Wildman–Crippen LogP) is 3.32. The number of allylic oxidation sites excluding steroid dienone is 1. The molecule has 6 heteroatoms. The van der Waals surface area contributed by atoms with E-state index in [1.165, 1.54) is 6.20 Å². The lowest BCUT2D eigenvalue weighted by molar-refractivity contribution is -0.115. The largest absolute Gasteiger partial charge is 0.508 e. The van der Waals surface area contributed by atoms with E-state index >= 15 is 0 Å². The summed E-state index contributed by atoms with van der Waals surface area (Å²) in [6, 6.07) is 8.46. The number of amides is 2. The van der Waals surface area contributed by atoms with E-state index in [9.17, 15) is 14.7 Å². The molecule has 0 spiro atoms. The van der Waals surface area contributed by atoms with Gasteiger partial charge in [0.05, 0.1) is 6.42 Å². The van der Waals surface area contributed by atoms with Gasteiger partial charge < -0.3 is 15.7 Å². The number of hydrogen-bond donors (Lipinski definition) is 3. The summed E-state index contributed by atoms with van der Waals surface area (Å²) in [6.07, 6.45) is 5.46. The van der Waals surface area contributed by atoms with Crippen molar-refractivity contribution in [3.8, 4) is 5.75 Å². The monoisotopic (exact) mass is 391 g/mol. The van der Waals surface area contributed by atoms with Crippen molar-refractivity contribution in [2.45, 2.75) is 44.1 Å². The zero-order chi connectivity index (χ0) is 20.8. The molecule has 1 aromatic carbocycles. The van der Waals surface area contributed by atoms with Gasteiger partial charge in [-0.25, -0.2) is 0 Å². The standard InChI is InChI=1S/C23H25N3O3/c1-4-22(2,3)15-5-6-19(27)14(9-15)10-20(28)25-17-7-8-24-18(11-17)21(29)26-23-12-16(23)13-23/h4-9,11,16,27H,1,10,12-13H2,2-3H3,(H,26,29)(H,24,25,28). The zero-order valence-electron chi connectivity index (χ0n) is 16.7. The number of nitrogens with one attached hydrogen (secondary N) is 2. The van der Waals surface area contributed by atoms with Crippen molar-refractivity contribution in [1.29, 1.82) is 0 Å². The van der Waals surface area contributed by atoms with E-state index in [4.69, 9.17) is 0 Å². The molecule has 0 atom stereocenters. The third-order valence-corrected chi connectivity index (χ3v) is 6.01. The summed E-state index contributed by atoms with van der Waals surface area (Å²) in [6.45, 7) is 7.89. The third-order valence-electron chi connectivity index (χ3n) is 6.01. The first-order valence-corrected chi connectivity index (χ1v) is 9.77. The molecule has 1 heterocycles. The van der Waals surface area contributed by atoms with Crippen LogP contribution in [-0.2, 0) is 16.6 Å². The number of aromatic hydroxyl groups is 1. The minimum atomic E-state index is -0.283. The van der Waals surface area contributed by atoms with E-state index in [1.807, 2.05) is 32.1 Å². The van der Waals surface area contributed by atoms with Gasteiger partial charge in [0.25, 0.3) is 5.91 Å². The van der Waals surface area contributed by atoms with Gasteiger partial charge in [0, 0.05) is 28.4 Å². The number of aromatic nitrogens is 1. The fraction of sp³-hybridized carbons (Fsp3) is 0.348. The molecule has 0 unspecified atom stereocenters. The maximum Gasteiger partial charge on any atom is 0.270 e. The number of carbonyl (C=O) groups excluding carboxylic acids is 2. The van der Waals surface area contributed by atoms with Crippen LogP contribution in [0.1, 0.15) is 48.3 Å². The van der Waals surface area contributed by atoms with Crippen molar-refractivity contribution in [1.82, 2.24) is 10.3 Å². The molecule has 2 aliphatic carbocycles. The second-order valence-corrected chi connectivity index (χ2v) is 8.64. The van der Waals surface area contributed by atoms with Gasteiger partial charge >= 0.3 is 0 Å². The van der Waals surface area contributed by atoms with Gasteiger partial charge in [-0.3, -0.25) is 14.6 Å². The number of pyridine rings is 1. The molecular weight excluding hydrogens is 366 g/mol. The third kappa shape index (κ3) is 3.88. The molecule has 150 valence electrons. The number of fused-ring (bicyclic) bond motifs is 1. The number of anilines is 1. The van der Waals surface area contributed by atoms with Gasteiger partial charge in [-0.2, -0.15) is 0 Å². The highest BCUT2D eigenvalue weighted by Gasteiger charge is 2.70. The van der Waals surface area contributed by atoms with Gasteiger partial charge in [0.2, 0.25) is 5.91 Å². The highest BCUT2D eigenvalue weighted by Crippen LogP contribution is 2.66. The van der Waals surface area contributed by atoms with E-state index in [2.05, 4.69) is 22.2 Å². The SMILES string of the molecule is C=CC(C)(C)c1ccc(O)c(CC(=O)Nc2ccnc(C(=O)NC34CC3C4)c2)c1. The number of rotatable bonds is 7. The fourth-order valence-electron chi connectivity index (χ4n) is 3.45. The van der Waals surface area contributed by atoms with Crippen molar-refractivity contribution < 1.29 is 14.7 Å². The first-order chi connectivity index (χ1) is 13.7. The summed E-state index contributed by atoms with van der Waals surface area (Å²) < 4.78 is 0. The maximum atomic E-state index is 12.5. The number of carbonyl (C=O) groups is 2. The smallest absolute Gasteiger partial charge is 0.270 e. The first kappa shape index (κ1) is 19.2. The Kier molecular flexibility index (Phi) is 4.45. The summed E-state index contributed by atoms with van der Waals surface area (Å²) >= 11 is 0. The topological polar surface area (TPSA) is 91.3 Å². The maximum absolute atomic E-state index is 12.5. The Balaban J connectivity index is 1.43. The lowest BCUT2D eigenvalue weighted by Gasteiger charge is -2.21. The Morgan fingerprint density at radius 1 is 1.31 bits per heavy atom. The summed E-state index contributed by atoms with van der Waals surface area (Å²) in [7, 11) is 0. The van der Waals surface area contributed by atoms with Crippen molar-refractivity contribution >= 4 is 17.5 Å². The fourth-order valence-corrected chi connectivity index (χ4v) is 3.45. The van der Waals surface area contributed by atoms with Crippen LogP contribution in [0.2, 0.25) is 0 Å². The minimum Gasteiger partial charge on any atom is -0.508 e. The van der Waals surface area contributed by atoms with Gasteiger partial charge in [-0.1, -0.05) is 32.1 Å². The number of phenols is 1. The Morgan fingerprint density at radius 3 is 2.69 bits per heavy atom. The van der Waals surface area contributed by atoms with Crippen molar-refractivity contribution in [2.24, 2.45) is 5.92 Å². The van der Waals surface area contributed by atoms with E-state index in [0.717, 1.165) is 18.4 Å². The van der Waals surface area contributed by atoms with Gasteiger partial charge in [-0.05, 0) is 42.5 Å². The quantitative estimate of drug-likeness (QED) is 0.632. The van der Waals surface area contributed by atoms with Crippen LogP contribution in [-0.4, -0.2) is 27.4 Å². The summed E-state index contributed by atoms with van der Waals surface area (Å²) in [5.74, 6) is 0.220. The van der Waals surface area contributed by atoms with Crippen LogP contribution in [0.15, 0.2) is 49.2 Å². The lowest BCUT2D eigenvalue weighted by atomic mass is 9.84. The number of benzene rings is 1. The molecule has 0 saturated heterocycles. The summed E-state index contributed by atoms with van der Waals surface area (Å²) in [5, 5.41) is 16.0. The molecule has 2 saturated carbocycles. The zero-order valence-corrected chi connectivity index (χ0v) is 16.7. The highest BCUT2D eigenvalue weighted by molar-refractivity contribution is 5.97. The molecule has 2 fully saturated rings. The second-order valence-electron chi connectivity index (χ2n) is 8.64. The van der Waals surface area contributed by atoms with Crippen molar-refractivity contribution in [3.63, 3.8) is 0 Å². The van der Waals surface area contributed by atoms with E-state index < -0.39 is 0 Å². The normalized spacial score (nSPS) is 21.7. The van der Waals surface area contributed by atoms with Crippen LogP contribution in [0.4, 0.5) is 5.69 Å². The Labute approximate surface area is 170 Å². The molecule has 0 bridgehead atoms. The molecule has 1 aromatic heterocycles. The van der Waals surface area contributed by atoms with Gasteiger partial charge in [0.1, 0.15) is 11.4 Å². The molecule has 6 nitrogen and oxygen atoms in total. The number of nitrogens with zero attached hydrogens (tertiary/aromatic N) is 1. The van der Waals surface area contributed by atoms with E-state index in [-0.39, 0.29) is 40.6 Å². The lowest BCUT2D eigenvalue weighted by Crippen LogP contribution is -2.31. The molecule has 2 aliphatic rings. The van der Waals surface area contributed by atoms with Crippen LogP contribution in [0.5, 0.6) is 5.75 Å². The van der Waals surface area contributed by atoms with Crippen molar-refractivity contribution in [2.75, 3.05) is 5.32 Å². The average Bonchev–Trinajstić information content (AvgIpc) is 3.54. The van der Waals surface area contributed by atoms with Crippen LogP contribution < -0.4 is 10.6 Å². The number of hydrogen-bond acceptors (Lipinski definition) is 4. The molecule has 2 aromatic rings. The highest BCUT2D eigenvalue weighted by atomic mass is 16.3. The van der Waals surface area contributed by atoms with Crippen LogP contribution in [0.3, 0.4) is 0 Å². The second kappa shape index (κ2) is 6.72. The Hall–Kier alpha value is -3.15. The minimum absolute atomic E-state index is 0.0154. The van der Waals surface area contributed by atoms with Gasteiger partial charge in [0.15, 0.2) is 0 Å². The molecule has 4 rings (SSSR count). The van der Waals surface area contributed by atoms with Crippen LogP contribution >= 0.6 is 0 Å². The van der Waals surface area contributed by atoms with Gasteiger partial charge in [-0.15, -0.1) is 6.58 Å². The molecule has 3 N–H and O–H groups in total. The molecule has 29 heavy (non-hydrogen) atoms. The predicted molar refractivity (Wildman–Crippen MR) is 111 cm³/mol. The van der Waals surface area contributed by atoms with Crippen molar-refractivity contribution in [3.05, 3.63) is 66.0 Å². The molecule has 0 aliphatic heterocycles. The summed E-state index contributed by atoms with van der Waals surface area (Å²) in [5.41, 5.74) is 2.04. The van der Waals surface area contributed by atoms with E-state index in [0.29, 0.717) is 17.2 Å². The molecule has 2 amide bonds. The first-order valence-electron chi connectivity index (χ1n) is 9.77. The van der Waals surface area contributed by atoms with Crippen LogP contribution in [0.25, 0.3) is 0 Å². The van der Waals surface area contributed by atoms with E-state index in [1.54, 1.807) is 18.2 Å². The Bertz CT molecular complexity index is 1010. The molecule has 0 radical (unpaired) electrons. The van der Waals surface area contributed by atoms with Crippen LogP contribution in [0, 0.1) is 5.92 Å². The molecular formula is C23H25N3O3.